The van der Waals surface area contributed by atoms with E-state index in [9.17, 15) is 4.79 Å². The predicted molar refractivity (Wildman–Crippen MR) is 104 cm³/mol. The first kappa shape index (κ1) is 17.3. The minimum absolute atomic E-state index is 0.105. The van der Waals surface area contributed by atoms with Crippen molar-refractivity contribution in [2.75, 3.05) is 5.32 Å². The van der Waals surface area contributed by atoms with Crippen LogP contribution in [0.1, 0.15) is 33.3 Å². The average molecular weight is 351 g/mol. The minimum Gasteiger partial charge on any atom is -0.302 e. The fourth-order valence-corrected chi connectivity index (χ4v) is 3.56. The standard InChI is InChI=1S/C20H21N3OS/c1-13(24)22-19-23-17(18(25-19)15-6-5-11-21-12-15)14-7-9-16(10-8-14)20(2,3)4/h5-12H,1-4H3,(H,22,23,24). The first-order valence-electron chi connectivity index (χ1n) is 8.14. The van der Waals surface area contributed by atoms with E-state index in [1.54, 1.807) is 6.20 Å². The van der Waals surface area contributed by atoms with Crippen molar-refractivity contribution in [3.8, 4) is 21.7 Å². The number of amides is 1. The molecule has 0 fully saturated rings. The number of nitrogens with one attached hydrogen (secondary N) is 1. The summed E-state index contributed by atoms with van der Waals surface area (Å²) in [5.41, 5.74) is 4.26. The topological polar surface area (TPSA) is 54.9 Å². The Kier molecular flexibility index (Phi) is 4.68. The van der Waals surface area contributed by atoms with Crippen molar-refractivity contribution in [2.45, 2.75) is 33.1 Å². The molecule has 3 rings (SSSR count). The number of rotatable bonds is 3. The Morgan fingerprint density at radius 2 is 1.80 bits per heavy atom. The van der Waals surface area contributed by atoms with Crippen molar-refractivity contribution in [1.82, 2.24) is 9.97 Å². The van der Waals surface area contributed by atoms with E-state index in [0.717, 1.165) is 21.7 Å². The number of benzene rings is 1. The number of carbonyl (C=O) groups is 1. The van der Waals surface area contributed by atoms with Crippen LogP contribution in [0.3, 0.4) is 0 Å². The highest BCUT2D eigenvalue weighted by atomic mass is 32.1. The summed E-state index contributed by atoms with van der Waals surface area (Å²) >= 11 is 1.46. The molecule has 1 amide bonds. The molecule has 0 saturated heterocycles. The van der Waals surface area contributed by atoms with Gasteiger partial charge in [-0.3, -0.25) is 9.78 Å². The van der Waals surface area contributed by atoms with Gasteiger partial charge in [-0.15, -0.1) is 0 Å². The van der Waals surface area contributed by atoms with Crippen molar-refractivity contribution < 1.29 is 4.79 Å². The lowest BCUT2D eigenvalue weighted by Crippen LogP contribution is -2.10. The van der Waals surface area contributed by atoms with E-state index in [-0.39, 0.29) is 11.3 Å². The number of carbonyl (C=O) groups excluding carboxylic acids is 1. The van der Waals surface area contributed by atoms with Crippen LogP contribution in [0, 0.1) is 0 Å². The van der Waals surface area contributed by atoms with Gasteiger partial charge in [-0.25, -0.2) is 4.98 Å². The van der Waals surface area contributed by atoms with Crippen molar-refractivity contribution in [2.24, 2.45) is 0 Å². The molecule has 128 valence electrons. The fourth-order valence-electron chi connectivity index (χ4n) is 2.54. The Labute approximate surface area is 152 Å². The zero-order chi connectivity index (χ0) is 18.0. The molecule has 4 nitrogen and oxygen atoms in total. The number of nitrogens with zero attached hydrogens (tertiary/aromatic N) is 2. The molecule has 5 heteroatoms. The predicted octanol–water partition coefficient (Wildman–Crippen LogP) is 5.13. The molecule has 0 bridgehead atoms. The van der Waals surface area contributed by atoms with Gasteiger partial charge in [0.25, 0.3) is 0 Å². The Morgan fingerprint density at radius 1 is 1.08 bits per heavy atom. The summed E-state index contributed by atoms with van der Waals surface area (Å²) in [4.78, 5) is 21.3. The van der Waals surface area contributed by atoms with E-state index in [1.165, 1.54) is 23.8 Å². The second-order valence-corrected chi connectivity index (χ2v) is 7.95. The Hall–Kier alpha value is -2.53. The first-order chi connectivity index (χ1) is 11.8. The monoisotopic (exact) mass is 351 g/mol. The third-order valence-electron chi connectivity index (χ3n) is 3.86. The van der Waals surface area contributed by atoms with Gasteiger partial charge < -0.3 is 5.32 Å². The summed E-state index contributed by atoms with van der Waals surface area (Å²) in [5, 5.41) is 3.39. The molecular formula is C20H21N3OS. The Balaban J connectivity index is 2.08. The van der Waals surface area contributed by atoms with E-state index in [0.29, 0.717) is 5.13 Å². The van der Waals surface area contributed by atoms with Crippen LogP contribution in [-0.4, -0.2) is 15.9 Å². The maximum Gasteiger partial charge on any atom is 0.223 e. The highest BCUT2D eigenvalue weighted by Gasteiger charge is 2.18. The highest BCUT2D eigenvalue weighted by molar-refractivity contribution is 7.19. The first-order valence-corrected chi connectivity index (χ1v) is 8.96. The zero-order valence-corrected chi connectivity index (χ0v) is 15.6. The molecule has 1 N–H and O–H groups in total. The molecule has 2 aromatic heterocycles. The van der Waals surface area contributed by atoms with Crippen molar-refractivity contribution in [3.05, 3.63) is 54.4 Å². The van der Waals surface area contributed by atoms with Crippen LogP contribution in [0.5, 0.6) is 0 Å². The van der Waals surface area contributed by atoms with Crippen molar-refractivity contribution in [1.29, 1.82) is 0 Å². The summed E-state index contributed by atoms with van der Waals surface area (Å²) in [6.07, 6.45) is 3.56. The molecule has 0 saturated carbocycles. The lowest BCUT2D eigenvalue weighted by molar-refractivity contribution is -0.114. The third kappa shape index (κ3) is 3.94. The van der Waals surface area contributed by atoms with E-state index < -0.39 is 0 Å². The molecule has 0 aliphatic rings. The molecule has 0 aliphatic carbocycles. The Bertz CT molecular complexity index is 878. The van der Waals surface area contributed by atoms with E-state index in [4.69, 9.17) is 0 Å². The zero-order valence-electron chi connectivity index (χ0n) is 14.8. The van der Waals surface area contributed by atoms with Crippen LogP contribution < -0.4 is 5.32 Å². The molecule has 0 spiro atoms. The van der Waals surface area contributed by atoms with Gasteiger partial charge >= 0.3 is 0 Å². The maximum atomic E-state index is 11.4. The van der Waals surface area contributed by atoms with E-state index >= 15 is 0 Å². The molecule has 2 heterocycles. The lowest BCUT2D eigenvalue weighted by Gasteiger charge is -2.19. The van der Waals surface area contributed by atoms with Crippen LogP contribution in [-0.2, 0) is 10.2 Å². The summed E-state index contributed by atoms with van der Waals surface area (Å²) in [6, 6.07) is 12.4. The molecular weight excluding hydrogens is 330 g/mol. The molecule has 0 unspecified atom stereocenters. The largest absolute Gasteiger partial charge is 0.302 e. The third-order valence-corrected chi connectivity index (χ3v) is 4.88. The summed E-state index contributed by atoms with van der Waals surface area (Å²) in [6.45, 7) is 8.07. The number of thiazole rings is 1. The van der Waals surface area contributed by atoms with Crippen molar-refractivity contribution >= 4 is 22.4 Å². The van der Waals surface area contributed by atoms with Crippen LogP contribution in [0.25, 0.3) is 21.7 Å². The molecule has 1 aromatic carbocycles. The fraction of sp³-hybridized carbons (Fsp3) is 0.250. The summed E-state index contributed by atoms with van der Waals surface area (Å²) < 4.78 is 0. The molecule has 3 aromatic rings. The van der Waals surface area contributed by atoms with Gasteiger partial charge in [0, 0.05) is 30.4 Å². The molecule has 0 aliphatic heterocycles. The van der Waals surface area contributed by atoms with Gasteiger partial charge in [0.15, 0.2) is 5.13 Å². The molecule has 25 heavy (non-hydrogen) atoms. The highest BCUT2D eigenvalue weighted by Crippen LogP contribution is 2.39. The number of anilines is 1. The molecule has 0 atom stereocenters. The van der Waals surface area contributed by atoms with Gasteiger partial charge in [0.05, 0.1) is 10.6 Å². The van der Waals surface area contributed by atoms with Crippen LogP contribution in [0.4, 0.5) is 5.13 Å². The number of aromatic nitrogens is 2. The maximum absolute atomic E-state index is 11.4. The van der Waals surface area contributed by atoms with Gasteiger partial charge in [-0.1, -0.05) is 62.4 Å². The lowest BCUT2D eigenvalue weighted by atomic mass is 9.86. The average Bonchev–Trinajstić information content (AvgIpc) is 2.98. The molecule has 0 radical (unpaired) electrons. The number of pyridine rings is 1. The van der Waals surface area contributed by atoms with Crippen LogP contribution in [0.2, 0.25) is 0 Å². The van der Waals surface area contributed by atoms with E-state index in [2.05, 4.69) is 60.3 Å². The van der Waals surface area contributed by atoms with Crippen LogP contribution >= 0.6 is 11.3 Å². The number of hydrogen-bond donors (Lipinski definition) is 1. The Morgan fingerprint density at radius 3 is 2.36 bits per heavy atom. The van der Waals surface area contributed by atoms with Gasteiger partial charge in [-0.2, -0.15) is 0 Å². The van der Waals surface area contributed by atoms with Gasteiger partial charge in [-0.05, 0) is 17.0 Å². The number of hydrogen-bond acceptors (Lipinski definition) is 4. The SMILES string of the molecule is CC(=O)Nc1nc(-c2ccc(C(C)(C)C)cc2)c(-c2cccnc2)s1. The van der Waals surface area contributed by atoms with Gasteiger partial charge in [0.1, 0.15) is 0 Å². The quantitative estimate of drug-likeness (QED) is 0.712. The smallest absolute Gasteiger partial charge is 0.223 e. The summed E-state index contributed by atoms with van der Waals surface area (Å²) in [7, 11) is 0. The normalized spacial score (nSPS) is 11.4. The second-order valence-electron chi connectivity index (χ2n) is 6.95. The van der Waals surface area contributed by atoms with Crippen molar-refractivity contribution in [3.63, 3.8) is 0 Å². The minimum atomic E-state index is -0.124. The van der Waals surface area contributed by atoms with Gasteiger partial charge in [0.2, 0.25) is 5.91 Å². The summed E-state index contributed by atoms with van der Waals surface area (Å²) in [5.74, 6) is -0.124. The second kappa shape index (κ2) is 6.76. The van der Waals surface area contributed by atoms with E-state index in [1.807, 2.05) is 18.3 Å². The van der Waals surface area contributed by atoms with Crippen LogP contribution in [0.15, 0.2) is 48.8 Å².